The topological polar surface area (TPSA) is 95.8 Å². The zero-order valence-electron chi connectivity index (χ0n) is 22.7. The Bertz CT molecular complexity index is 1270. The average molecular weight is 527 g/mol. The number of hydrogen-bond acceptors (Lipinski definition) is 7. The van der Waals surface area contributed by atoms with Crippen LogP contribution >= 0.6 is 0 Å². The van der Waals surface area contributed by atoms with Gasteiger partial charge in [-0.2, -0.15) is 0 Å². The molecule has 1 aliphatic heterocycles. The third kappa shape index (κ3) is 8.17. The van der Waals surface area contributed by atoms with Crippen molar-refractivity contribution in [2.24, 2.45) is 0 Å². The highest BCUT2D eigenvalue weighted by Gasteiger charge is 2.15. The van der Waals surface area contributed by atoms with Crippen molar-refractivity contribution in [2.75, 3.05) is 55.8 Å². The number of morpholine rings is 1. The molecule has 0 spiro atoms. The van der Waals surface area contributed by atoms with Crippen LogP contribution in [0.3, 0.4) is 0 Å². The summed E-state index contributed by atoms with van der Waals surface area (Å²) < 4.78 is 5.48. The lowest BCUT2D eigenvalue weighted by Crippen LogP contribution is -2.38. The van der Waals surface area contributed by atoms with E-state index in [1.807, 2.05) is 37.3 Å². The molecule has 3 aromatic rings. The van der Waals surface area contributed by atoms with Crippen LogP contribution in [0.5, 0.6) is 0 Å². The van der Waals surface area contributed by atoms with Crippen LogP contribution in [0.1, 0.15) is 35.0 Å². The van der Waals surface area contributed by atoms with Gasteiger partial charge < -0.3 is 26.0 Å². The number of carbonyl (C=O) groups is 1. The molecule has 0 bridgehead atoms. The molecule has 0 unspecified atom stereocenters. The van der Waals surface area contributed by atoms with Crippen LogP contribution in [-0.2, 0) is 11.3 Å². The maximum absolute atomic E-state index is 12.7. The molecule has 1 saturated heterocycles. The highest BCUT2D eigenvalue weighted by Crippen LogP contribution is 2.20. The lowest BCUT2D eigenvalue weighted by atomic mass is 10.1. The second kappa shape index (κ2) is 13.6. The van der Waals surface area contributed by atoms with Crippen molar-refractivity contribution >= 4 is 28.5 Å². The molecule has 0 radical (unpaired) electrons. The number of nitrogens with one attached hydrogen (secondary N) is 2. The number of hydrogen-bond donors (Lipinski definition) is 3. The summed E-state index contributed by atoms with van der Waals surface area (Å²) in [5.74, 6) is 0.507. The number of amides is 1. The van der Waals surface area contributed by atoms with Crippen LogP contribution in [0.2, 0.25) is 0 Å². The summed E-state index contributed by atoms with van der Waals surface area (Å²) in [6.07, 6.45) is 2.73. The van der Waals surface area contributed by atoms with Gasteiger partial charge in [-0.15, -0.1) is 0 Å². The number of allylic oxidation sites excluding steroid dienone is 1. The molecule has 0 saturated carbocycles. The first-order valence-corrected chi connectivity index (χ1v) is 13.3. The number of aromatic nitrogens is 1. The quantitative estimate of drug-likeness (QED) is 0.284. The number of benzene rings is 2. The Morgan fingerprint density at radius 2 is 1.79 bits per heavy atom. The molecule has 1 fully saturated rings. The molecule has 1 aliphatic rings. The number of nitrogen functional groups attached to an aromatic ring is 1. The third-order valence-corrected chi connectivity index (χ3v) is 6.69. The third-order valence-electron chi connectivity index (χ3n) is 6.69. The van der Waals surface area contributed by atoms with E-state index in [-0.39, 0.29) is 5.91 Å². The van der Waals surface area contributed by atoms with Crippen molar-refractivity contribution in [3.05, 3.63) is 103 Å². The van der Waals surface area contributed by atoms with Gasteiger partial charge in [-0.05, 0) is 54.8 Å². The predicted molar refractivity (Wildman–Crippen MR) is 159 cm³/mol. The zero-order valence-corrected chi connectivity index (χ0v) is 22.7. The lowest BCUT2D eigenvalue weighted by Gasteiger charge is -2.30. The van der Waals surface area contributed by atoms with E-state index >= 15 is 0 Å². The van der Waals surface area contributed by atoms with Crippen molar-refractivity contribution in [1.29, 1.82) is 0 Å². The molecular weight excluding hydrogens is 488 g/mol. The lowest BCUT2D eigenvalue weighted by molar-refractivity contribution is 0.0364. The van der Waals surface area contributed by atoms with Gasteiger partial charge in [0, 0.05) is 44.6 Å². The van der Waals surface area contributed by atoms with Crippen molar-refractivity contribution in [3.63, 3.8) is 0 Å². The van der Waals surface area contributed by atoms with E-state index in [1.165, 1.54) is 0 Å². The minimum atomic E-state index is -0.300. The van der Waals surface area contributed by atoms with Crippen LogP contribution in [0, 0.1) is 0 Å². The Morgan fingerprint density at radius 3 is 2.46 bits per heavy atom. The SMILES string of the molecule is C=C(C)c1ccc(NC(=C)N(CCCN2CCOCC2)Cc2ccc(C(=O)Nc3ccccc3N)nc2)cc1. The molecule has 1 aromatic heterocycles. The molecule has 0 atom stereocenters. The summed E-state index contributed by atoms with van der Waals surface area (Å²) in [4.78, 5) is 21.8. The van der Waals surface area contributed by atoms with Crippen LogP contribution in [0.4, 0.5) is 17.1 Å². The summed E-state index contributed by atoms with van der Waals surface area (Å²) >= 11 is 0. The second-order valence-corrected chi connectivity index (χ2v) is 9.75. The molecule has 1 amide bonds. The molecule has 8 nitrogen and oxygen atoms in total. The van der Waals surface area contributed by atoms with Gasteiger partial charge in [0.1, 0.15) is 5.69 Å². The van der Waals surface area contributed by atoms with Crippen molar-refractivity contribution in [3.8, 4) is 0 Å². The Kier molecular flexibility index (Phi) is 9.72. The van der Waals surface area contributed by atoms with Crippen LogP contribution in [-0.4, -0.2) is 60.1 Å². The summed E-state index contributed by atoms with van der Waals surface area (Å²) in [6, 6.07) is 19.0. The van der Waals surface area contributed by atoms with Gasteiger partial charge >= 0.3 is 0 Å². The first-order valence-electron chi connectivity index (χ1n) is 13.3. The normalized spacial score (nSPS) is 13.5. The largest absolute Gasteiger partial charge is 0.397 e. The zero-order chi connectivity index (χ0) is 27.6. The van der Waals surface area contributed by atoms with Crippen LogP contribution < -0.4 is 16.4 Å². The van der Waals surface area contributed by atoms with Gasteiger partial charge in [0.05, 0.1) is 30.4 Å². The number of nitrogens with zero attached hydrogens (tertiary/aromatic N) is 3. The monoisotopic (exact) mass is 526 g/mol. The molecule has 4 rings (SSSR count). The van der Waals surface area contributed by atoms with E-state index in [2.05, 4.69) is 50.7 Å². The Labute approximate surface area is 231 Å². The van der Waals surface area contributed by atoms with E-state index < -0.39 is 0 Å². The highest BCUT2D eigenvalue weighted by molar-refractivity contribution is 6.04. The molecule has 2 aromatic carbocycles. The number of ether oxygens (including phenoxy) is 1. The summed E-state index contributed by atoms with van der Waals surface area (Å²) in [5.41, 5.74) is 11.4. The van der Waals surface area contributed by atoms with Gasteiger partial charge in [-0.25, -0.2) is 0 Å². The van der Waals surface area contributed by atoms with Gasteiger partial charge in [0.15, 0.2) is 0 Å². The van der Waals surface area contributed by atoms with E-state index in [0.717, 1.165) is 74.0 Å². The van der Waals surface area contributed by atoms with Crippen molar-refractivity contribution in [1.82, 2.24) is 14.8 Å². The fraction of sp³-hybridized carbons (Fsp3) is 0.290. The van der Waals surface area contributed by atoms with Crippen molar-refractivity contribution < 1.29 is 9.53 Å². The number of rotatable bonds is 12. The van der Waals surface area contributed by atoms with Gasteiger partial charge in [-0.3, -0.25) is 14.7 Å². The fourth-order valence-electron chi connectivity index (χ4n) is 4.37. The van der Waals surface area contributed by atoms with E-state index in [9.17, 15) is 4.79 Å². The average Bonchev–Trinajstić information content (AvgIpc) is 2.95. The molecular formula is C31H38N6O2. The number of carbonyl (C=O) groups excluding carboxylic acids is 1. The van der Waals surface area contributed by atoms with Gasteiger partial charge in [0.25, 0.3) is 5.91 Å². The number of pyridine rings is 1. The maximum Gasteiger partial charge on any atom is 0.274 e. The van der Waals surface area contributed by atoms with Crippen molar-refractivity contribution in [2.45, 2.75) is 19.9 Å². The first kappa shape index (κ1) is 27.9. The summed E-state index contributed by atoms with van der Waals surface area (Å²) in [5, 5.41) is 6.27. The second-order valence-electron chi connectivity index (χ2n) is 9.75. The number of anilines is 3. The fourth-order valence-corrected chi connectivity index (χ4v) is 4.37. The molecule has 39 heavy (non-hydrogen) atoms. The van der Waals surface area contributed by atoms with E-state index in [1.54, 1.807) is 24.4 Å². The molecule has 2 heterocycles. The van der Waals surface area contributed by atoms with E-state index in [4.69, 9.17) is 10.5 Å². The molecule has 8 heteroatoms. The van der Waals surface area contributed by atoms with Crippen LogP contribution in [0.25, 0.3) is 5.57 Å². The smallest absolute Gasteiger partial charge is 0.274 e. The standard InChI is InChI=1S/C31H38N6O2/c1-23(2)26-10-12-27(13-11-26)34-24(3)37(16-6-15-36-17-19-39-20-18-36)22-25-9-14-30(33-21-25)31(38)35-29-8-5-4-7-28(29)32/h4-5,7-14,21,34H,1,3,6,15-20,22,32H2,2H3,(H,35,38). The summed E-state index contributed by atoms with van der Waals surface area (Å²) in [7, 11) is 0. The number of nitrogens with two attached hydrogens (primary N) is 1. The minimum Gasteiger partial charge on any atom is -0.397 e. The highest BCUT2D eigenvalue weighted by atomic mass is 16.5. The van der Waals surface area contributed by atoms with Crippen LogP contribution in [0.15, 0.2) is 85.8 Å². The predicted octanol–water partition coefficient (Wildman–Crippen LogP) is 5.06. The minimum absolute atomic E-state index is 0.300. The Hall–Kier alpha value is -4.14. The Balaban J connectivity index is 1.41. The van der Waals surface area contributed by atoms with Gasteiger partial charge in [-0.1, -0.05) is 49.1 Å². The number of para-hydroxylation sites is 2. The van der Waals surface area contributed by atoms with Gasteiger partial charge in [0.2, 0.25) is 0 Å². The molecule has 4 N–H and O–H groups in total. The maximum atomic E-state index is 12.7. The molecule has 0 aliphatic carbocycles. The first-order chi connectivity index (χ1) is 18.9. The molecule has 204 valence electrons. The summed E-state index contributed by atoms with van der Waals surface area (Å²) in [6.45, 7) is 16.3. The van der Waals surface area contributed by atoms with E-state index in [0.29, 0.717) is 23.6 Å². The Morgan fingerprint density at radius 1 is 1.05 bits per heavy atom.